The molecule has 5 nitrogen and oxygen atoms in total. The zero-order valence-electron chi connectivity index (χ0n) is 17.7. The first kappa shape index (κ1) is 21.5. The summed E-state index contributed by atoms with van der Waals surface area (Å²) >= 11 is 0. The van der Waals surface area contributed by atoms with Gasteiger partial charge in [-0.25, -0.2) is 4.98 Å². The van der Waals surface area contributed by atoms with Crippen LogP contribution >= 0.6 is 0 Å². The van der Waals surface area contributed by atoms with Crippen LogP contribution < -0.4 is 10.1 Å². The fraction of sp³-hybridized carbons (Fsp3) is 0.280. The summed E-state index contributed by atoms with van der Waals surface area (Å²) in [5.41, 5.74) is 2.31. The molecule has 3 rings (SSSR count). The van der Waals surface area contributed by atoms with Crippen molar-refractivity contribution in [1.82, 2.24) is 10.3 Å². The van der Waals surface area contributed by atoms with E-state index in [9.17, 15) is 4.79 Å². The maximum atomic E-state index is 12.9. The Balaban J connectivity index is 1.65. The summed E-state index contributed by atoms with van der Waals surface area (Å²) in [6, 6.07) is 23.0. The molecule has 0 radical (unpaired) electrons. The minimum absolute atomic E-state index is 0.192. The molecule has 1 heterocycles. The lowest BCUT2D eigenvalue weighted by atomic mass is 9.98. The van der Waals surface area contributed by atoms with Crippen molar-refractivity contribution in [3.8, 4) is 5.88 Å². The topological polar surface area (TPSA) is 60.5 Å². The fourth-order valence-corrected chi connectivity index (χ4v) is 2.96. The lowest BCUT2D eigenvalue weighted by Crippen LogP contribution is -2.29. The molecule has 0 atom stereocenters. The summed E-state index contributed by atoms with van der Waals surface area (Å²) in [5, 5.41) is 3.11. The van der Waals surface area contributed by atoms with Gasteiger partial charge in [0.1, 0.15) is 6.61 Å². The van der Waals surface area contributed by atoms with Gasteiger partial charge in [-0.2, -0.15) is 0 Å². The number of nitrogens with one attached hydrogen (secondary N) is 1. The van der Waals surface area contributed by atoms with Gasteiger partial charge in [-0.15, -0.1) is 0 Å². The van der Waals surface area contributed by atoms with E-state index in [0.717, 1.165) is 11.1 Å². The average molecular weight is 405 g/mol. The number of carbonyl (C=O) groups is 1. The molecule has 0 aliphatic carbocycles. The van der Waals surface area contributed by atoms with E-state index in [4.69, 9.17) is 9.47 Å². The Morgan fingerprint density at radius 3 is 2.00 bits per heavy atom. The van der Waals surface area contributed by atoms with E-state index >= 15 is 0 Å². The van der Waals surface area contributed by atoms with E-state index in [-0.39, 0.29) is 17.6 Å². The zero-order valence-corrected chi connectivity index (χ0v) is 17.7. The Kier molecular flexibility index (Phi) is 7.20. The predicted octanol–water partition coefficient (Wildman–Crippen LogP) is 4.79. The third kappa shape index (κ3) is 6.42. The third-order valence-electron chi connectivity index (χ3n) is 4.41. The lowest BCUT2D eigenvalue weighted by Gasteiger charge is -2.20. The summed E-state index contributed by atoms with van der Waals surface area (Å²) in [5.74, 6) is 0.273. The number of carbonyl (C=O) groups excluding carboxylic acids is 1. The van der Waals surface area contributed by atoms with Gasteiger partial charge in [-0.3, -0.25) is 4.79 Å². The lowest BCUT2D eigenvalue weighted by molar-refractivity contribution is -0.0168. The molecule has 0 fully saturated rings. The number of hydrogen-bond donors (Lipinski definition) is 1. The molecule has 156 valence electrons. The molecule has 1 amide bonds. The molecule has 1 N–H and O–H groups in total. The van der Waals surface area contributed by atoms with Gasteiger partial charge in [-0.1, -0.05) is 60.7 Å². The van der Waals surface area contributed by atoms with Crippen LogP contribution in [-0.2, 0) is 4.74 Å². The number of aromatic nitrogens is 1. The van der Waals surface area contributed by atoms with E-state index in [1.165, 1.54) is 6.20 Å². The van der Waals surface area contributed by atoms with Crippen molar-refractivity contribution >= 4 is 5.91 Å². The molecular formula is C25H28N2O3. The number of hydrogen-bond acceptors (Lipinski definition) is 4. The van der Waals surface area contributed by atoms with Crippen LogP contribution in [0.3, 0.4) is 0 Å². The number of nitrogens with zero attached hydrogens (tertiary/aromatic N) is 1. The molecule has 0 saturated heterocycles. The van der Waals surface area contributed by atoms with E-state index < -0.39 is 0 Å². The van der Waals surface area contributed by atoms with Crippen molar-refractivity contribution < 1.29 is 14.3 Å². The van der Waals surface area contributed by atoms with E-state index in [2.05, 4.69) is 10.3 Å². The standard InChI is InChI=1S/C25H28N2O3/c1-25(2,3)30-17-16-29-22-15-14-21(18-26-22)24(28)27-23(19-10-6-4-7-11-19)20-12-8-5-9-13-20/h4-15,18,23H,16-17H2,1-3H3,(H,27,28). The Morgan fingerprint density at radius 1 is 0.900 bits per heavy atom. The van der Waals surface area contributed by atoms with E-state index in [1.807, 2.05) is 81.4 Å². The Bertz CT molecular complexity index is 881. The molecule has 0 spiro atoms. The number of rotatable bonds is 8. The van der Waals surface area contributed by atoms with Crippen LogP contribution in [0.1, 0.15) is 48.3 Å². The van der Waals surface area contributed by atoms with Crippen molar-refractivity contribution in [2.75, 3.05) is 13.2 Å². The number of ether oxygens (including phenoxy) is 2. The highest BCUT2D eigenvalue weighted by Gasteiger charge is 2.18. The first-order valence-corrected chi connectivity index (χ1v) is 10.1. The summed E-state index contributed by atoms with van der Waals surface area (Å²) in [7, 11) is 0. The quantitative estimate of drug-likeness (QED) is 0.548. The first-order valence-electron chi connectivity index (χ1n) is 10.1. The Labute approximate surface area is 178 Å². The zero-order chi connectivity index (χ0) is 21.4. The van der Waals surface area contributed by atoms with Crippen LogP contribution in [0.2, 0.25) is 0 Å². The maximum absolute atomic E-state index is 12.9. The molecule has 0 aliphatic rings. The van der Waals surface area contributed by atoms with Gasteiger partial charge in [0.05, 0.1) is 23.8 Å². The van der Waals surface area contributed by atoms with Gasteiger partial charge in [0, 0.05) is 12.3 Å². The van der Waals surface area contributed by atoms with Crippen molar-refractivity contribution in [2.24, 2.45) is 0 Å². The van der Waals surface area contributed by atoms with Gasteiger partial charge >= 0.3 is 0 Å². The molecule has 30 heavy (non-hydrogen) atoms. The summed E-state index contributed by atoms with van der Waals surface area (Å²) in [6.07, 6.45) is 1.53. The highest BCUT2D eigenvalue weighted by molar-refractivity contribution is 5.94. The van der Waals surface area contributed by atoms with Crippen LogP contribution in [0.5, 0.6) is 5.88 Å². The number of benzene rings is 2. The third-order valence-corrected chi connectivity index (χ3v) is 4.41. The van der Waals surface area contributed by atoms with Gasteiger partial charge < -0.3 is 14.8 Å². The number of amides is 1. The SMILES string of the molecule is CC(C)(C)OCCOc1ccc(C(=O)NC(c2ccccc2)c2ccccc2)cn1. The van der Waals surface area contributed by atoms with Gasteiger partial charge in [0.25, 0.3) is 5.91 Å². The van der Waals surface area contributed by atoms with Crippen LogP contribution in [0, 0.1) is 0 Å². The highest BCUT2D eigenvalue weighted by atomic mass is 16.5. The molecule has 0 aliphatic heterocycles. The van der Waals surface area contributed by atoms with Gasteiger partial charge in [-0.05, 0) is 38.0 Å². The second-order valence-corrected chi connectivity index (χ2v) is 7.92. The fourth-order valence-electron chi connectivity index (χ4n) is 2.96. The van der Waals surface area contributed by atoms with Crippen molar-refractivity contribution in [1.29, 1.82) is 0 Å². The van der Waals surface area contributed by atoms with Crippen molar-refractivity contribution in [3.05, 3.63) is 95.7 Å². The minimum atomic E-state index is -0.245. The van der Waals surface area contributed by atoms with Crippen molar-refractivity contribution in [3.63, 3.8) is 0 Å². The molecule has 3 aromatic rings. The molecule has 5 heteroatoms. The Hall–Kier alpha value is -3.18. The molecule has 2 aromatic carbocycles. The maximum Gasteiger partial charge on any atom is 0.253 e. The molecular weight excluding hydrogens is 376 g/mol. The van der Waals surface area contributed by atoms with E-state index in [0.29, 0.717) is 24.7 Å². The van der Waals surface area contributed by atoms with Crippen LogP contribution in [-0.4, -0.2) is 29.7 Å². The summed E-state index contributed by atoms with van der Waals surface area (Å²) in [4.78, 5) is 17.1. The van der Waals surface area contributed by atoms with E-state index in [1.54, 1.807) is 12.1 Å². The summed E-state index contributed by atoms with van der Waals surface area (Å²) < 4.78 is 11.2. The summed E-state index contributed by atoms with van der Waals surface area (Å²) in [6.45, 7) is 6.87. The average Bonchev–Trinajstić information content (AvgIpc) is 2.76. The molecule has 0 unspecified atom stereocenters. The minimum Gasteiger partial charge on any atom is -0.475 e. The normalized spacial score (nSPS) is 11.3. The second kappa shape index (κ2) is 10.0. The largest absolute Gasteiger partial charge is 0.475 e. The van der Waals surface area contributed by atoms with Crippen molar-refractivity contribution in [2.45, 2.75) is 32.4 Å². The first-order chi connectivity index (χ1) is 14.4. The van der Waals surface area contributed by atoms with Crippen LogP contribution in [0.4, 0.5) is 0 Å². The Morgan fingerprint density at radius 2 is 1.50 bits per heavy atom. The molecule has 0 bridgehead atoms. The van der Waals surface area contributed by atoms with Crippen LogP contribution in [0.15, 0.2) is 79.0 Å². The number of pyridine rings is 1. The smallest absolute Gasteiger partial charge is 0.253 e. The van der Waals surface area contributed by atoms with Gasteiger partial charge in [0.15, 0.2) is 0 Å². The predicted molar refractivity (Wildman–Crippen MR) is 118 cm³/mol. The van der Waals surface area contributed by atoms with Crippen LogP contribution in [0.25, 0.3) is 0 Å². The molecule has 0 saturated carbocycles. The second-order valence-electron chi connectivity index (χ2n) is 7.92. The van der Waals surface area contributed by atoms with Gasteiger partial charge in [0.2, 0.25) is 5.88 Å². The monoisotopic (exact) mass is 404 g/mol. The molecule has 1 aromatic heterocycles. The highest BCUT2D eigenvalue weighted by Crippen LogP contribution is 2.22.